The van der Waals surface area contributed by atoms with Gasteiger partial charge in [0.05, 0.1) is 16.8 Å². The first-order valence-electron chi connectivity index (χ1n) is 15.9. The molecule has 3 aliphatic rings. The van der Waals surface area contributed by atoms with Crippen LogP contribution in [-0.4, -0.2) is 64.2 Å². The Bertz CT molecular complexity index is 1600. The number of halogens is 4. The number of fused-ring (bicyclic) bond motifs is 1. The average Bonchev–Trinajstić information content (AvgIpc) is 3.51. The van der Waals surface area contributed by atoms with Crippen molar-refractivity contribution in [3.05, 3.63) is 40.7 Å². The predicted molar refractivity (Wildman–Crippen MR) is 169 cm³/mol. The molecule has 3 aliphatic heterocycles. The Morgan fingerprint density at radius 1 is 1.22 bits per heavy atom. The first-order valence-corrected chi connectivity index (χ1v) is 15.9. The number of hydrogen-bond donors (Lipinski definition) is 3. The Kier molecular flexibility index (Phi) is 8.64. The van der Waals surface area contributed by atoms with Gasteiger partial charge in [-0.05, 0) is 94.3 Å². The molecule has 5 heterocycles. The van der Waals surface area contributed by atoms with Crippen LogP contribution in [0.5, 0.6) is 6.01 Å². The van der Waals surface area contributed by atoms with Crippen molar-refractivity contribution in [2.45, 2.75) is 83.0 Å². The zero-order chi connectivity index (χ0) is 31.9. The van der Waals surface area contributed by atoms with Gasteiger partial charge in [0, 0.05) is 23.5 Å². The molecule has 45 heavy (non-hydrogen) atoms. The van der Waals surface area contributed by atoms with E-state index >= 15 is 4.39 Å². The highest BCUT2D eigenvalue weighted by atomic mass is 19.4. The minimum absolute atomic E-state index is 0.00682. The van der Waals surface area contributed by atoms with E-state index in [4.69, 9.17) is 15.5 Å². The summed E-state index contributed by atoms with van der Waals surface area (Å²) >= 11 is 0. The summed E-state index contributed by atoms with van der Waals surface area (Å²) in [7, 11) is 0. The molecular weight excluding hydrogens is 586 g/mol. The van der Waals surface area contributed by atoms with Crippen molar-refractivity contribution in [3.8, 4) is 17.3 Å². The second-order valence-electron chi connectivity index (χ2n) is 12.6. The number of unbranched alkanes of at least 4 members (excludes halogenated alkanes) is 1. The third-order valence-electron chi connectivity index (χ3n) is 9.64. The van der Waals surface area contributed by atoms with E-state index in [0.717, 1.165) is 64.2 Å². The van der Waals surface area contributed by atoms with Crippen LogP contribution in [0.15, 0.2) is 12.6 Å². The average molecular weight is 628 g/mol. The van der Waals surface area contributed by atoms with Gasteiger partial charge in [0.1, 0.15) is 23.8 Å². The van der Waals surface area contributed by atoms with Gasteiger partial charge < -0.3 is 21.1 Å². The molecule has 3 aromatic rings. The number of nitrogens with zero attached hydrogens (tertiary/aromatic N) is 4. The number of alkyl halides is 3. The van der Waals surface area contributed by atoms with Gasteiger partial charge in [0.25, 0.3) is 0 Å². The number of hydrogen-bond acceptors (Lipinski definition) is 8. The molecule has 0 bridgehead atoms. The lowest BCUT2D eigenvalue weighted by Crippen LogP contribution is -2.43. The fraction of sp³-hybridized carbons (Fsp3) is 0.545. The van der Waals surface area contributed by atoms with E-state index in [-0.39, 0.29) is 45.6 Å². The molecule has 2 aromatic heterocycles. The number of anilines is 2. The number of nitrogen functional groups attached to an aromatic ring is 1. The van der Waals surface area contributed by atoms with Gasteiger partial charge in [-0.3, -0.25) is 4.90 Å². The van der Waals surface area contributed by atoms with Crippen LogP contribution in [0, 0.1) is 12.7 Å². The SMILES string of the molecule is C=Cc1c(-c2nc(N)cc(C)c2C(F)(F)F)c(F)c2nc(OCC34CCCN3CCC4)nc3c2c1CCC(CNCCCC)N3. The van der Waals surface area contributed by atoms with Crippen LogP contribution in [0.25, 0.3) is 28.2 Å². The fourth-order valence-electron chi connectivity index (χ4n) is 7.50. The van der Waals surface area contributed by atoms with Gasteiger partial charge in [0.2, 0.25) is 0 Å². The van der Waals surface area contributed by atoms with E-state index in [1.807, 2.05) is 0 Å². The lowest BCUT2D eigenvalue weighted by Gasteiger charge is -2.31. The van der Waals surface area contributed by atoms with Crippen molar-refractivity contribution in [1.29, 1.82) is 0 Å². The highest BCUT2D eigenvalue weighted by Crippen LogP contribution is 2.46. The van der Waals surface area contributed by atoms with Crippen molar-refractivity contribution in [2.24, 2.45) is 0 Å². The van der Waals surface area contributed by atoms with Gasteiger partial charge >= 0.3 is 12.2 Å². The van der Waals surface area contributed by atoms with Crippen molar-refractivity contribution in [3.63, 3.8) is 0 Å². The minimum Gasteiger partial charge on any atom is -0.461 e. The summed E-state index contributed by atoms with van der Waals surface area (Å²) < 4.78 is 66.6. The van der Waals surface area contributed by atoms with Crippen molar-refractivity contribution >= 4 is 28.6 Å². The third kappa shape index (κ3) is 5.82. The molecule has 0 spiro atoms. The number of nitrogens with one attached hydrogen (secondary N) is 2. The van der Waals surface area contributed by atoms with Gasteiger partial charge in [0.15, 0.2) is 5.82 Å². The second kappa shape index (κ2) is 12.4. The maximum absolute atomic E-state index is 16.9. The van der Waals surface area contributed by atoms with E-state index < -0.39 is 23.3 Å². The molecule has 242 valence electrons. The maximum Gasteiger partial charge on any atom is 0.418 e. The first kappa shape index (κ1) is 31.5. The predicted octanol–water partition coefficient (Wildman–Crippen LogP) is 6.51. The van der Waals surface area contributed by atoms with Crippen LogP contribution in [0.4, 0.5) is 29.2 Å². The second-order valence-corrected chi connectivity index (χ2v) is 12.6. The Morgan fingerprint density at radius 2 is 1.98 bits per heavy atom. The summed E-state index contributed by atoms with van der Waals surface area (Å²) in [5, 5.41) is 7.38. The number of nitrogens with two attached hydrogens (primary N) is 1. The smallest absolute Gasteiger partial charge is 0.418 e. The molecule has 2 fully saturated rings. The third-order valence-corrected chi connectivity index (χ3v) is 9.64. The van der Waals surface area contributed by atoms with Gasteiger partial charge in [-0.1, -0.05) is 26.0 Å². The summed E-state index contributed by atoms with van der Waals surface area (Å²) in [5.41, 5.74) is 4.52. The van der Waals surface area contributed by atoms with E-state index in [2.05, 4.69) is 39.0 Å². The monoisotopic (exact) mass is 627 g/mol. The molecule has 0 aliphatic carbocycles. The Labute approximate surface area is 260 Å². The van der Waals surface area contributed by atoms with E-state index in [1.165, 1.54) is 13.0 Å². The molecule has 12 heteroatoms. The Balaban J connectivity index is 1.52. The van der Waals surface area contributed by atoms with E-state index in [1.54, 1.807) is 0 Å². The lowest BCUT2D eigenvalue weighted by molar-refractivity contribution is -0.137. The molecule has 4 N–H and O–H groups in total. The highest BCUT2D eigenvalue weighted by Gasteiger charge is 2.45. The number of ether oxygens (including phenoxy) is 1. The molecule has 2 saturated heterocycles. The lowest BCUT2D eigenvalue weighted by atomic mass is 9.89. The quantitative estimate of drug-likeness (QED) is 0.173. The van der Waals surface area contributed by atoms with Crippen LogP contribution in [0.1, 0.15) is 74.1 Å². The minimum atomic E-state index is -4.80. The standard InChI is InChI=1S/C33H41F4N7O/c1-4-6-13-39-17-20-9-10-22-21(5-2)24(28-26(33(35,36)37)19(3)16-23(38)41-28)27(34)29-25(22)30(40-20)43-31(42-29)45-18-32-11-7-14-44(32)15-8-12-32/h5,16,20,39H,2,4,6-15,17-18H2,1,3H3,(H2,38,41)(H,40,42,43). The zero-order valence-electron chi connectivity index (χ0n) is 25.9. The summed E-state index contributed by atoms with van der Waals surface area (Å²) in [6, 6.07) is 1.07. The molecule has 0 radical (unpaired) electrons. The molecular formula is C33H41F4N7O. The van der Waals surface area contributed by atoms with Crippen LogP contribution >= 0.6 is 0 Å². The van der Waals surface area contributed by atoms with Crippen molar-refractivity contribution in [2.75, 3.05) is 43.8 Å². The van der Waals surface area contributed by atoms with Gasteiger partial charge in [-0.25, -0.2) is 9.37 Å². The number of rotatable bonds is 10. The largest absolute Gasteiger partial charge is 0.461 e. The normalized spacial score (nSPS) is 19.4. The van der Waals surface area contributed by atoms with E-state index in [9.17, 15) is 13.2 Å². The van der Waals surface area contributed by atoms with Crippen molar-refractivity contribution in [1.82, 2.24) is 25.2 Å². The maximum atomic E-state index is 16.9. The molecule has 1 unspecified atom stereocenters. The molecule has 0 saturated carbocycles. The van der Waals surface area contributed by atoms with Crippen molar-refractivity contribution < 1.29 is 22.3 Å². The zero-order valence-corrected chi connectivity index (χ0v) is 25.9. The summed E-state index contributed by atoms with van der Waals surface area (Å²) in [6.45, 7) is 11.2. The number of pyridine rings is 1. The fourth-order valence-corrected chi connectivity index (χ4v) is 7.50. The van der Waals surface area contributed by atoms with Crippen LogP contribution in [0.2, 0.25) is 0 Å². The van der Waals surface area contributed by atoms with Gasteiger partial charge in [-0.2, -0.15) is 23.1 Å². The topological polar surface area (TPSA) is 101 Å². The number of aromatic nitrogens is 3. The Hall–Kier alpha value is -3.51. The van der Waals surface area contributed by atoms with Crippen LogP contribution in [0.3, 0.4) is 0 Å². The van der Waals surface area contributed by atoms with Crippen LogP contribution in [-0.2, 0) is 12.6 Å². The first-order chi connectivity index (χ1) is 21.6. The van der Waals surface area contributed by atoms with Crippen LogP contribution < -0.4 is 21.1 Å². The summed E-state index contributed by atoms with van der Waals surface area (Å²) in [5.74, 6) is -0.679. The number of benzene rings is 1. The van der Waals surface area contributed by atoms with Gasteiger partial charge in [-0.15, -0.1) is 0 Å². The molecule has 1 atom stereocenters. The molecule has 8 nitrogen and oxygen atoms in total. The molecule has 0 amide bonds. The molecule has 6 rings (SSSR count). The number of aryl methyl sites for hydroxylation is 2. The molecule has 1 aromatic carbocycles. The van der Waals surface area contributed by atoms with E-state index in [0.29, 0.717) is 42.8 Å². The Morgan fingerprint density at radius 3 is 2.67 bits per heavy atom. The summed E-state index contributed by atoms with van der Waals surface area (Å²) in [6.07, 6.45) is 3.93. The highest BCUT2D eigenvalue weighted by molar-refractivity contribution is 6.00. The summed E-state index contributed by atoms with van der Waals surface area (Å²) in [4.78, 5) is 15.8.